The van der Waals surface area contributed by atoms with E-state index in [0.29, 0.717) is 5.92 Å². The van der Waals surface area contributed by atoms with E-state index in [1.165, 1.54) is 10.5 Å². The molecule has 0 aliphatic carbocycles. The number of hydrogen-bond acceptors (Lipinski definition) is 3. The van der Waals surface area contributed by atoms with E-state index in [1.807, 2.05) is 12.1 Å². The topological polar surface area (TPSA) is 24.1 Å². The summed E-state index contributed by atoms with van der Waals surface area (Å²) in [5, 5.41) is 3.42. The highest BCUT2D eigenvalue weighted by molar-refractivity contribution is 7.97. The molecular weight excluding hydrogens is 319 g/mol. The van der Waals surface area contributed by atoms with E-state index < -0.39 is 0 Å². The Hall–Kier alpha value is -1.36. The van der Waals surface area contributed by atoms with Crippen LogP contribution in [0.25, 0.3) is 0 Å². The van der Waals surface area contributed by atoms with Crippen molar-refractivity contribution >= 4 is 11.9 Å². The van der Waals surface area contributed by atoms with E-state index >= 15 is 0 Å². The number of halogens is 1. The van der Waals surface area contributed by atoms with E-state index in [9.17, 15) is 4.39 Å². The number of hydrogen-bond donors (Lipinski definition) is 2. The van der Waals surface area contributed by atoms with E-state index in [1.54, 1.807) is 24.1 Å². The van der Waals surface area contributed by atoms with Gasteiger partial charge in [-0.15, -0.1) is 0 Å². The fourth-order valence-electron chi connectivity index (χ4n) is 3.17. The average molecular weight is 344 g/mol. The Balaban J connectivity index is 1.69. The molecule has 1 atom stereocenters. The van der Waals surface area contributed by atoms with Gasteiger partial charge >= 0.3 is 0 Å². The van der Waals surface area contributed by atoms with Crippen LogP contribution in [0.5, 0.6) is 0 Å². The summed E-state index contributed by atoms with van der Waals surface area (Å²) in [6.45, 7) is 6.31. The predicted molar refractivity (Wildman–Crippen MR) is 99.5 cm³/mol. The van der Waals surface area contributed by atoms with Gasteiger partial charge in [-0.3, -0.25) is 0 Å². The summed E-state index contributed by atoms with van der Waals surface area (Å²) in [7, 11) is 0. The molecule has 128 valence electrons. The zero-order chi connectivity index (χ0) is 17.0. The van der Waals surface area contributed by atoms with Crippen molar-refractivity contribution < 1.29 is 4.39 Å². The van der Waals surface area contributed by atoms with E-state index in [2.05, 4.69) is 48.2 Å². The highest BCUT2D eigenvalue weighted by Gasteiger charge is 2.35. The third-order valence-corrected chi connectivity index (χ3v) is 5.48. The van der Waals surface area contributed by atoms with Crippen molar-refractivity contribution in [2.24, 2.45) is 5.92 Å². The van der Waals surface area contributed by atoms with Gasteiger partial charge in [-0.2, -0.15) is 0 Å². The maximum atomic E-state index is 13.2. The monoisotopic (exact) mass is 344 g/mol. The van der Waals surface area contributed by atoms with Crippen molar-refractivity contribution in [3.63, 3.8) is 0 Å². The zero-order valence-electron chi connectivity index (χ0n) is 14.3. The van der Waals surface area contributed by atoms with Crippen molar-refractivity contribution in [1.29, 1.82) is 0 Å². The lowest BCUT2D eigenvalue weighted by molar-refractivity contribution is 0.454. The van der Waals surface area contributed by atoms with Gasteiger partial charge in [0.15, 0.2) is 0 Å². The SMILES string of the molecule is CC(C)Cc1ccc(SNC2(c3ccc(F)cc3)CCNC2)cc1. The van der Waals surface area contributed by atoms with Gasteiger partial charge in [0.1, 0.15) is 5.82 Å². The van der Waals surface area contributed by atoms with Crippen LogP contribution < -0.4 is 10.0 Å². The standard InChI is InChI=1S/C20H25FN2S/c1-15(2)13-16-3-9-19(10-4-16)24-23-20(11-12-22-14-20)17-5-7-18(21)8-6-17/h3-10,15,22-23H,11-14H2,1-2H3. The number of benzene rings is 2. The van der Waals surface area contributed by atoms with E-state index in [0.717, 1.165) is 31.5 Å². The molecule has 1 saturated heterocycles. The Bertz CT molecular complexity index is 646. The molecule has 0 aromatic heterocycles. The zero-order valence-corrected chi connectivity index (χ0v) is 15.1. The molecule has 4 heteroatoms. The number of rotatable bonds is 6. The van der Waals surface area contributed by atoms with Gasteiger partial charge < -0.3 is 5.32 Å². The molecule has 1 fully saturated rings. The van der Waals surface area contributed by atoms with Gasteiger partial charge in [-0.25, -0.2) is 9.11 Å². The minimum absolute atomic E-state index is 0.144. The molecule has 2 aromatic carbocycles. The Morgan fingerprint density at radius 3 is 2.42 bits per heavy atom. The molecule has 3 rings (SSSR count). The molecular formula is C20H25FN2S. The fourth-order valence-corrected chi connectivity index (χ4v) is 4.05. The average Bonchev–Trinajstić information content (AvgIpc) is 3.04. The largest absolute Gasteiger partial charge is 0.314 e. The molecule has 2 N–H and O–H groups in total. The van der Waals surface area contributed by atoms with Gasteiger partial charge in [0.05, 0.1) is 5.54 Å². The van der Waals surface area contributed by atoms with Gasteiger partial charge in [0.25, 0.3) is 0 Å². The molecule has 1 unspecified atom stereocenters. The van der Waals surface area contributed by atoms with Crippen LogP contribution in [-0.4, -0.2) is 13.1 Å². The summed E-state index contributed by atoms with van der Waals surface area (Å²) in [6, 6.07) is 15.6. The highest BCUT2D eigenvalue weighted by atomic mass is 32.2. The number of nitrogens with one attached hydrogen (secondary N) is 2. The maximum Gasteiger partial charge on any atom is 0.123 e. The van der Waals surface area contributed by atoms with Crippen LogP contribution in [-0.2, 0) is 12.0 Å². The van der Waals surface area contributed by atoms with Gasteiger partial charge in [0.2, 0.25) is 0 Å². The van der Waals surface area contributed by atoms with Crippen LogP contribution >= 0.6 is 11.9 Å². The lowest BCUT2D eigenvalue weighted by atomic mass is 9.90. The summed E-state index contributed by atoms with van der Waals surface area (Å²) >= 11 is 1.66. The summed E-state index contributed by atoms with van der Waals surface area (Å²) in [5.74, 6) is 0.487. The van der Waals surface area contributed by atoms with Crippen LogP contribution in [0.3, 0.4) is 0 Å². The molecule has 0 saturated carbocycles. The Kier molecular flexibility index (Phi) is 5.59. The summed E-state index contributed by atoms with van der Waals surface area (Å²) in [4.78, 5) is 1.20. The van der Waals surface area contributed by atoms with Crippen molar-refractivity contribution in [1.82, 2.24) is 10.0 Å². The van der Waals surface area contributed by atoms with Crippen LogP contribution in [0.4, 0.5) is 4.39 Å². The maximum absolute atomic E-state index is 13.2. The summed E-state index contributed by atoms with van der Waals surface area (Å²) in [6.07, 6.45) is 2.11. The van der Waals surface area contributed by atoms with Crippen LogP contribution in [0.2, 0.25) is 0 Å². The first kappa shape index (κ1) is 17.5. The molecule has 0 spiro atoms. The van der Waals surface area contributed by atoms with Crippen molar-refractivity contribution in [2.75, 3.05) is 13.1 Å². The molecule has 1 heterocycles. The fraction of sp³-hybridized carbons (Fsp3) is 0.400. The lowest BCUT2D eigenvalue weighted by Crippen LogP contribution is -2.40. The molecule has 0 radical (unpaired) electrons. The Morgan fingerprint density at radius 2 is 1.83 bits per heavy atom. The molecule has 2 nitrogen and oxygen atoms in total. The lowest BCUT2D eigenvalue weighted by Gasteiger charge is -2.29. The highest BCUT2D eigenvalue weighted by Crippen LogP contribution is 2.32. The molecule has 1 aliphatic heterocycles. The first-order valence-corrected chi connectivity index (χ1v) is 9.39. The second kappa shape index (κ2) is 7.68. The van der Waals surface area contributed by atoms with Gasteiger partial charge in [-0.05, 0) is 72.6 Å². The molecule has 0 amide bonds. The smallest absolute Gasteiger partial charge is 0.123 e. The molecule has 24 heavy (non-hydrogen) atoms. The second-order valence-electron chi connectivity index (χ2n) is 6.96. The van der Waals surface area contributed by atoms with E-state index in [4.69, 9.17) is 0 Å². The van der Waals surface area contributed by atoms with Crippen LogP contribution in [0, 0.1) is 11.7 Å². The first-order valence-electron chi connectivity index (χ1n) is 8.57. The molecule has 2 aromatic rings. The van der Waals surface area contributed by atoms with Crippen molar-refractivity contribution in [3.05, 3.63) is 65.5 Å². The van der Waals surface area contributed by atoms with Gasteiger partial charge in [-0.1, -0.05) is 38.1 Å². The minimum Gasteiger partial charge on any atom is -0.314 e. The minimum atomic E-state index is -0.187. The predicted octanol–water partition coefficient (Wildman–Crippen LogP) is 4.51. The third-order valence-electron chi connectivity index (χ3n) is 4.48. The van der Waals surface area contributed by atoms with Crippen molar-refractivity contribution in [2.45, 2.75) is 37.1 Å². The molecule has 1 aliphatic rings. The normalized spacial score (nSPS) is 20.7. The van der Waals surface area contributed by atoms with Gasteiger partial charge in [0, 0.05) is 11.4 Å². The summed E-state index contributed by atoms with van der Waals surface area (Å²) in [5.41, 5.74) is 2.37. The first-order chi connectivity index (χ1) is 11.6. The summed E-state index contributed by atoms with van der Waals surface area (Å²) < 4.78 is 16.9. The van der Waals surface area contributed by atoms with E-state index in [-0.39, 0.29) is 11.4 Å². The Labute approximate surface area is 148 Å². The van der Waals surface area contributed by atoms with Crippen LogP contribution in [0.15, 0.2) is 53.4 Å². The molecule has 0 bridgehead atoms. The van der Waals surface area contributed by atoms with Crippen molar-refractivity contribution in [3.8, 4) is 0 Å². The quantitative estimate of drug-likeness (QED) is 0.754. The van der Waals surface area contributed by atoms with Crippen LogP contribution in [0.1, 0.15) is 31.4 Å². The third kappa shape index (κ3) is 4.18. The second-order valence-corrected chi connectivity index (χ2v) is 7.84. The Morgan fingerprint density at radius 1 is 1.12 bits per heavy atom.